The van der Waals surface area contributed by atoms with Crippen LogP contribution in [0.5, 0.6) is 0 Å². The van der Waals surface area contributed by atoms with Gasteiger partial charge in [0.05, 0.1) is 0 Å². The van der Waals surface area contributed by atoms with Gasteiger partial charge < -0.3 is 9.80 Å². The number of carbonyl (C=O) groups is 1. The molecule has 1 amide bonds. The minimum atomic E-state index is 0.136. The molecule has 0 radical (unpaired) electrons. The zero-order valence-corrected chi connectivity index (χ0v) is 13.6. The van der Waals surface area contributed by atoms with E-state index in [-0.39, 0.29) is 5.92 Å². The van der Waals surface area contributed by atoms with Crippen molar-refractivity contribution in [2.75, 3.05) is 31.1 Å². The van der Waals surface area contributed by atoms with Crippen molar-refractivity contribution in [3.63, 3.8) is 0 Å². The first-order valence-corrected chi connectivity index (χ1v) is 8.54. The summed E-state index contributed by atoms with van der Waals surface area (Å²) in [5.74, 6) is 1.68. The van der Waals surface area contributed by atoms with Gasteiger partial charge in [0.2, 0.25) is 5.91 Å². The SMILES string of the molecule is O=C([C@H]1C[C@H]1c1cccnc1)N1CCCN(c2cccnn2)CC1. The molecule has 6 heteroatoms. The molecule has 0 spiro atoms. The average Bonchev–Trinajstić information content (AvgIpc) is 3.46. The number of rotatable bonds is 3. The molecule has 1 aliphatic carbocycles. The van der Waals surface area contributed by atoms with Gasteiger partial charge in [0.25, 0.3) is 0 Å². The van der Waals surface area contributed by atoms with Crippen molar-refractivity contribution in [3.05, 3.63) is 48.4 Å². The van der Waals surface area contributed by atoms with Crippen LogP contribution in [0.25, 0.3) is 0 Å². The molecule has 0 N–H and O–H groups in total. The molecule has 0 bridgehead atoms. The highest BCUT2D eigenvalue weighted by Crippen LogP contribution is 2.48. The molecular formula is C18H21N5O. The maximum Gasteiger partial charge on any atom is 0.226 e. The third kappa shape index (κ3) is 3.09. The Balaban J connectivity index is 1.37. The lowest BCUT2D eigenvalue weighted by molar-refractivity contribution is -0.132. The Morgan fingerprint density at radius 2 is 2.00 bits per heavy atom. The van der Waals surface area contributed by atoms with Gasteiger partial charge in [-0.2, -0.15) is 5.10 Å². The van der Waals surface area contributed by atoms with Gasteiger partial charge >= 0.3 is 0 Å². The summed E-state index contributed by atoms with van der Waals surface area (Å²) >= 11 is 0. The van der Waals surface area contributed by atoms with E-state index < -0.39 is 0 Å². The van der Waals surface area contributed by atoms with Gasteiger partial charge in [-0.25, -0.2) is 0 Å². The van der Waals surface area contributed by atoms with E-state index in [2.05, 4.69) is 26.1 Å². The van der Waals surface area contributed by atoms with E-state index in [1.807, 2.05) is 29.3 Å². The average molecular weight is 323 g/mol. The summed E-state index contributed by atoms with van der Waals surface area (Å²) in [6.07, 6.45) is 7.26. The number of nitrogens with zero attached hydrogens (tertiary/aromatic N) is 5. The zero-order valence-electron chi connectivity index (χ0n) is 13.6. The van der Waals surface area contributed by atoms with Crippen molar-refractivity contribution < 1.29 is 4.79 Å². The Morgan fingerprint density at radius 1 is 1.08 bits per heavy atom. The molecule has 0 unspecified atom stereocenters. The van der Waals surface area contributed by atoms with Gasteiger partial charge in [-0.1, -0.05) is 6.07 Å². The summed E-state index contributed by atoms with van der Waals surface area (Å²) in [6.45, 7) is 3.31. The highest BCUT2D eigenvalue weighted by atomic mass is 16.2. The van der Waals surface area contributed by atoms with Crippen LogP contribution in [0.15, 0.2) is 42.9 Å². The van der Waals surface area contributed by atoms with E-state index in [9.17, 15) is 4.79 Å². The standard InChI is InChI=1S/C18H21N5O/c24-18(16-12-15(16)14-4-1-6-19-13-14)23-9-3-8-22(10-11-23)17-5-2-7-20-21-17/h1-2,4-7,13,15-16H,3,8-12H2/t15-,16-/m0/s1. The fourth-order valence-corrected chi connectivity index (χ4v) is 3.50. The quantitative estimate of drug-likeness (QED) is 0.860. The highest BCUT2D eigenvalue weighted by molar-refractivity contribution is 5.83. The predicted octanol–water partition coefficient (Wildman–Crippen LogP) is 1.71. The van der Waals surface area contributed by atoms with Crippen LogP contribution >= 0.6 is 0 Å². The van der Waals surface area contributed by atoms with Gasteiger partial charge in [0.1, 0.15) is 0 Å². The fourth-order valence-electron chi connectivity index (χ4n) is 3.50. The molecule has 4 rings (SSSR count). The van der Waals surface area contributed by atoms with Crippen LogP contribution in [0.2, 0.25) is 0 Å². The molecule has 3 heterocycles. The topological polar surface area (TPSA) is 62.2 Å². The maximum absolute atomic E-state index is 12.8. The first kappa shape index (κ1) is 15.1. The summed E-state index contributed by atoms with van der Waals surface area (Å²) in [6, 6.07) is 7.89. The molecule has 2 fully saturated rings. The number of hydrogen-bond donors (Lipinski definition) is 0. The molecule has 2 atom stereocenters. The Bertz CT molecular complexity index is 693. The summed E-state index contributed by atoms with van der Waals surface area (Å²) in [5, 5.41) is 8.13. The molecule has 2 aromatic heterocycles. The van der Waals surface area contributed by atoms with Crippen molar-refractivity contribution >= 4 is 11.7 Å². The Morgan fingerprint density at radius 3 is 2.79 bits per heavy atom. The Kier molecular flexibility index (Phi) is 4.11. The molecule has 0 aromatic carbocycles. The van der Waals surface area contributed by atoms with Gasteiger partial charge in [-0.3, -0.25) is 9.78 Å². The van der Waals surface area contributed by atoms with E-state index in [4.69, 9.17) is 0 Å². The van der Waals surface area contributed by atoms with Crippen LogP contribution in [0, 0.1) is 5.92 Å². The number of carbonyl (C=O) groups excluding carboxylic acids is 1. The van der Waals surface area contributed by atoms with Gasteiger partial charge in [0, 0.05) is 50.7 Å². The number of aromatic nitrogens is 3. The van der Waals surface area contributed by atoms with Crippen LogP contribution in [0.4, 0.5) is 5.82 Å². The van der Waals surface area contributed by atoms with Crippen molar-refractivity contribution in [1.29, 1.82) is 0 Å². The second kappa shape index (κ2) is 6.55. The highest BCUT2D eigenvalue weighted by Gasteiger charge is 2.45. The van der Waals surface area contributed by atoms with Crippen LogP contribution in [0.1, 0.15) is 24.3 Å². The fraction of sp³-hybridized carbons (Fsp3) is 0.444. The molecule has 1 saturated carbocycles. The van der Waals surface area contributed by atoms with Crippen molar-refractivity contribution in [2.24, 2.45) is 5.92 Å². The van der Waals surface area contributed by atoms with E-state index in [0.29, 0.717) is 11.8 Å². The third-order valence-electron chi connectivity index (χ3n) is 4.91. The summed E-state index contributed by atoms with van der Waals surface area (Å²) in [5.41, 5.74) is 1.19. The van der Waals surface area contributed by atoms with Crippen molar-refractivity contribution in [3.8, 4) is 0 Å². The Hall–Kier alpha value is -2.50. The zero-order chi connectivity index (χ0) is 16.4. The Labute approximate surface area is 141 Å². The van der Waals surface area contributed by atoms with E-state index in [1.165, 1.54) is 5.56 Å². The van der Waals surface area contributed by atoms with Gasteiger partial charge in [-0.15, -0.1) is 5.10 Å². The van der Waals surface area contributed by atoms with Crippen LogP contribution < -0.4 is 4.90 Å². The smallest absolute Gasteiger partial charge is 0.226 e. The van der Waals surface area contributed by atoms with E-state index in [0.717, 1.165) is 44.8 Å². The maximum atomic E-state index is 12.8. The molecule has 24 heavy (non-hydrogen) atoms. The van der Waals surface area contributed by atoms with E-state index >= 15 is 0 Å². The number of anilines is 1. The molecule has 2 aromatic rings. The normalized spacial score (nSPS) is 23.7. The van der Waals surface area contributed by atoms with Crippen molar-refractivity contribution in [1.82, 2.24) is 20.1 Å². The van der Waals surface area contributed by atoms with Gasteiger partial charge in [0.15, 0.2) is 5.82 Å². The predicted molar refractivity (Wildman–Crippen MR) is 90.5 cm³/mol. The number of hydrogen-bond acceptors (Lipinski definition) is 5. The molecule has 1 aliphatic heterocycles. The van der Waals surface area contributed by atoms with Crippen LogP contribution in [0.3, 0.4) is 0 Å². The van der Waals surface area contributed by atoms with Crippen molar-refractivity contribution in [2.45, 2.75) is 18.8 Å². The van der Waals surface area contributed by atoms with Crippen LogP contribution in [-0.2, 0) is 4.79 Å². The second-order valence-electron chi connectivity index (χ2n) is 6.48. The molecule has 2 aliphatic rings. The monoisotopic (exact) mass is 323 g/mol. The molecule has 6 nitrogen and oxygen atoms in total. The summed E-state index contributed by atoms with van der Waals surface area (Å²) < 4.78 is 0. The van der Waals surface area contributed by atoms with Crippen LogP contribution in [-0.4, -0.2) is 52.2 Å². The van der Waals surface area contributed by atoms with Gasteiger partial charge in [-0.05, 0) is 42.5 Å². The first-order chi connectivity index (χ1) is 11.8. The lowest BCUT2D eigenvalue weighted by atomic mass is 10.1. The molecule has 124 valence electrons. The third-order valence-corrected chi connectivity index (χ3v) is 4.91. The second-order valence-corrected chi connectivity index (χ2v) is 6.48. The first-order valence-electron chi connectivity index (χ1n) is 8.54. The minimum Gasteiger partial charge on any atom is -0.353 e. The summed E-state index contributed by atoms with van der Waals surface area (Å²) in [7, 11) is 0. The number of amides is 1. The lowest BCUT2D eigenvalue weighted by Crippen LogP contribution is -2.36. The largest absolute Gasteiger partial charge is 0.353 e. The lowest BCUT2D eigenvalue weighted by Gasteiger charge is -2.22. The molecule has 1 saturated heterocycles. The van der Waals surface area contributed by atoms with E-state index in [1.54, 1.807) is 12.4 Å². The molecular weight excluding hydrogens is 302 g/mol. The summed E-state index contributed by atoms with van der Waals surface area (Å²) in [4.78, 5) is 21.2. The minimum absolute atomic E-state index is 0.136. The number of pyridine rings is 1.